The summed E-state index contributed by atoms with van der Waals surface area (Å²) in [5.41, 5.74) is 6.53. The first-order valence-electron chi connectivity index (χ1n) is 10.8. The van der Waals surface area contributed by atoms with Crippen LogP contribution in [0.5, 0.6) is 0 Å². The van der Waals surface area contributed by atoms with Gasteiger partial charge >= 0.3 is 0 Å². The maximum atomic E-state index is 15.1. The Kier molecular flexibility index (Phi) is 3.83. The molecule has 0 radical (unpaired) electrons. The Hall–Kier alpha value is -4.41. The van der Waals surface area contributed by atoms with Crippen LogP contribution in [0.15, 0.2) is 72.8 Å². The van der Waals surface area contributed by atoms with E-state index in [1.807, 2.05) is 41.0 Å². The zero-order chi connectivity index (χ0) is 22.9. The molecule has 1 aliphatic rings. The van der Waals surface area contributed by atoms with Crippen LogP contribution in [-0.2, 0) is 5.41 Å². The number of para-hydroxylation sites is 1. The van der Waals surface area contributed by atoms with E-state index in [2.05, 4.69) is 50.2 Å². The highest BCUT2D eigenvalue weighted by Gasteiger charge is 2.38. The van der Waals surface area contributed by atoms with E-state index in [-0.39, 0.29) is 16.5 Å². The fourth-order valence-corrected chi connectivity index (χ4v) is 5.51. The molecule has 0 fully saturated rings. The van der Waals surface area contributed by atoms with Crippen molar-refractivity contribution in [2.45, 2.75) is 19.3 Å². The number of benzene rings is 4. The molecule has 0 saturated heterocycles. The van der Waals surface area contributed by atoms with Crippen molar-refractivity contribution in [2.24, 2.45) is 0 Å². The molecule has 1 aliphatic carbocycles. The van der Waals surface area contributed by atoms with Crippen molar-refractivity contribution in [2.75, 3.05) is 0 Å². The van der Waals surface area contributed by atoms with Crippen LogP contribution < -0.4 is 0 Å². The lowest BCUT2D eigenvalue weighted by molar-refractivity contribution is 0.619. The first-order chi connectivity index (χ1) is 16.0. The lowest BCUT2D eigenvalue weighted by Crippen LogP contribution is -2.16. The predicted molar refractivity (Wildman–Crippen MR) is 128 cm³/mol. The van der Waals surface area contributed by atoms with Gasteiger partial charge in [-0.2, -0.15) is 10.5 Å². The smallest absolute Gasteiger partial charge is 0.160 e. The van der Waals surface area contributed by atoms with E-state index in [0.717, 1.165) is 32.9 Å². The summed E-state index contributed by atoms with van der Waals surface area (Å²) in [6.45, 7) is 4.42. The van der Waals surface area contributed by atoms with Crippen LogP contribution in [0, 0.1) is 28.5 Å². The van der Waals surface area contributed by atoms with Gasteiger partial charge in [0.1, 0.15) is 17.7 Å². The topological polar surface area (TPSA) is 52.5 Å². The van der Waals surface area contributed by atoms with E-state index in [4.69, 9.17) is 0 Å². The number of hydrogen-bond donors (Lipinski definition) is 0. The average molecular weight is 427 g/mol. The Morgan fingerprint density at radius 1 is 0.788 bits per heavy atom. The molecule has 0 spiro atoms. The highest BCUT2D eigenvalue weighted by Crippen LogP contribution is 2.52. The third-order valence-electron chi connectivity index (χ3n) is 6.95. The second kappa shape index (κ2) is 6.55. The van der Waals surface area contributed by atoms with Gasteiger partial charge in [-0.15, -0.1) is 0 Å². The van der Waals surface area contributed by atoms with Crippen LogP contribution in [-0.4, -0.2) is 4.57 Å². The molecule has 156 valence electrons. The van der Waals surface area contributed by atoms with Crippen LogP contribution in [0.2, 0.25) is 0 Å². The number of aromatic nitrogens is 1. The number of halogens is 1. The normalized spacial score (nSPS) is 13.5. The molecular weight excluding hydrogens is 409 g/mol. The van der Waals surface area contributed by atoms with Gasteiger partial charge in [-0.3, -0.25) is 0 Å². The summed E-state index contributed by atoms with van der Waals surface area (Å²) in [6.07, 6.45) is 0. The SMILES string of the molecule is CC1(C)c2ccccc2-c2ccc3c4ccccc4n(-c4ccc(C#N)c(F)c4C#N)c3c21. The van der Waals surface area contributed by atoms with Gasteiger partial charge < -0.3 is 4.57 Å². The number of nitrogens with zero attached hydrogens (tertiary/aromatic N) is 3. The number of fused-ring (bicyclic) bond motifs is 7. The minimum atomic E-state index is -0.779. The Bertz CT molecular complexity index is 1720. The molecule has 0 atom stereocenters. The monoisotopic (exact) mass is 427 g/mol. The zero-order valence-corrected chi connectivity index (χ0v) is 18.1. The molecule has 1 aromatic heterocycles. The van der Waals surface area contributed by atoms with Crippen molar-refractivity contribution in [1.29, 1.82) is 10.5 Å². The summed E-state index contributed by atoms with van der Waals surface area (Å²) >= 11 is 0. The zero-order valence-electron chi connectivity index (χ0n) is 18.1. The molecule has 6 rings (SSSR count). The van der Waals surface area contributed by atoms with Gasteiger partial charge in [0.05, 0.1) is 22.3 Å². The molecular formula is C29H18FN3. The summed E-state index contributed by atoms with van der Waals surface area (Å²) in [5, 5.41) is 21.3. The molecule has 0 aliphatic heterocycles. The fraction of sp³-hybridized carbons (Fsp3) is 0.103. The van der Waals surface area contributed by atoms with Crippen molar-refractivity contribution < 1.29 is 4.39 Å². The van der Waals surface area contributed by atoms with Crippen LogP contribution in [0.1, 0.15) is 36.1 Å². The Balaban J connectivity index is 1.85. The van der Waals surface area contributed by atoms with E-state index in [1.54, 1.807) is 6.07 Å². The Labute approximate surface area is 190 Å². The van der Waals surface area contributed by atoms with Crippen LogP contribution in [0.3, 0.4) is 0 Å². The van der Waals surface area contributed by atoms with Gasteiger partial charge in [-0.05, 0) is 40.5 Å². The van der Waals surface area contributed by atoms with Crippen molar-refractivity contribution in [3.05, 3.63) is 101 Å². The highest BCUT2D eigenvalue weighted by molar-refractivity contribution is 6.13. The summed E-state index contributed by atoms with van der Waals surface area (Å²) in [7, 11) is 0. The minimum Gasteiger partial charge on any atom is -0.307 e. The lowest BCUT2D eigenvalue weighted by atomic mass is 9.81. The van der Waals surface area contributed by atoms with E-state index in [1.165, 1.54) is 17.2 Å². The second-order valence-corrected chi connectivity index (χ2v) is 8.95. The molecule has 33 heavy (non-hydrogen) atoms. The van der Waals surface area contributed by atoms with Crippen molar-refractivity contribution in [1.82, 2.24) is 4.57 Å². The van der Waals surface area contributed by atoms with E-state index >= 15 is 4.39 Å². The molecule has 4 aromatic carbocycles. The minimum absolute atomic E-state index is 0.123. The van der Waals surface area contributed by atoms with Crippen molar-refractivity contribution in [3.8, 4) is 29.0 Å². The molecule has 0 saturated carbocycles. The van der Waals surface area contributed by atoms with E-state index in [0.29, 0.717) is 5.69 Å². The number of hydrogen-bond acceptors (Lipinski definition) is 2. The maximum Gasteiger partial charge on any atom is 0.160 e. The van der Waals surface area contributed by atoms with Gasteiger partial charge in [0.15, 0.2) is 5.82 Å². The predicted octanol–water partition coefficient (Wildman–Crippen LogP) is 6.97. The van der Waals surface area contributed by atoms with Crippen LogP contribution in [0.25, 0.3) is 38.6 Å². The maximum absolute atomic E-state index is 15.1. The van der Waals surface area contributed by atoms with Gasteiger partial charge in [0.2, 0.25) is 0 Å². The largest absolute Gasteiger partial charge is 0.307 e. The van der Waals surface area contributed by atoms with Crippen LogP contribution >= 0.6 is 0 Å². The fourth-order valence-electron chi connectivity index (χ4n) is 5.51. The summed E-state index contributed by atoms with van der Waals surface area (Å²) < 4.78 is 17.1. The molecule has 0 unspecified atom stereocenters. The molecule has 0 bridgehead atoms. The Morgan fingerprint density at radius 2 is 1.55 bits per heavy atom. The third kappa shape index (κ3) is 2.35. The lowest BCUT2D eigenvalue weighted by Gasteiger charge is -2.24. The summed E-state index contributed by atoms with van der Waals surface area (Å²) in [4.78, 5) is 0. The third-order valence-corrected chi connectivity index (χ3v) is 6.95. The number of nitriles is 2. The standard InChI is InChI=1S/C29H18FN3/c1-29(2)23-9-5-3-7-18(23)20-12-13-21-19-8-4-6-10-24(19)33(28(21)26(20)29)25-14-11-17(15-31)27(30)22(25)16-32/h3-14H,1-2H3. The number of rotatable bonds is 1. The first kappa shape index (κ1) is 19.3. The molecule has 5 aromatic rings. The molecule has 0 amide bonds. The van der Waals surface area contributed by atoms with Gasteiger partial charge in [0, 0.05) is 16.2 Å². The van der Waals surface area contributed by atoms with Crippen molar-refractivity contribution >= 4 is 21.8 Å². The van der Waals surface area contributed by atoms with Gasteiger partial charge in [-0.1, -0.05) is 68.4 Å². The van der Waals surface area contributed by atoms with Crippen LogP contribution in [0.4, 0.5) is 4.39 Å². The summed E-state index contributed by atoms with van der Waals surface area (Å²) in [6, 6.07) is 27.7. The van der Waals surface area contributed by atoms with E-state index < -0.39 is 5.82 Å². The summed E-state index contributed by atoms with van der Waals surface area (Å²) in [5.74, 6) is -0.779. The molecule has 1 heterocycles. The van der Waals surface area contributed by atoms with Crippen molar-refractivity contribution in [3.63, 3.8) is 0 Å². The quantitative estimate of drug-likeness (QED) is 0.290. The van der Waals surface area contributed by atoms with Gasteiger partial charge in [-0.25, -0.2) is 4.39 Å². The average Bonchev–Trinajstić information content (AvgIpc) is 3.28. The van der Waals surface area contributed by atoms with E-state index in [9.17, 15) is 10.5 Å². The van der Waals surface area contributed by atoms with Gasteiger partial charge in [0.25, 0.3) is 0 Å². The second-order valence-electron chi connectivity index (χ2n) is 8.95. The highest BCUT2D eigenvalue weighted by atomic mass is 19.1. The first-order valence-corrected chi connectivity index (χ1v) is 10.8. The molecule has 0 N–H and O–H groups in total. The molecule has 4 heteroatoms. The molecule has 3 nitrogen and oxygen atoms in total. The Morgan fingerprint density at radius 3 is 2.33 bits per heavy atom.